The maximum absolute atomic E-state index is 13.4. The molecule has 0 radical (unpaired) electrons. The van der Waals surface area contributed by atoms with Gasteiger partial charge in [0.1, 0.15) is 11.9 Å². The van der Waals surface area contributed by atoms with Crippen LogP contribution in [0.1, 0.15) is 66.5 Å². The number of alkyl halides is 6. The minimum atomic E-state index is -4.99. The smallest absolute Gasteiger partial charge is 0.416 e. The van der Waals surface area contributed by atoms with Crippen molar-refractivity contribution < 1.29 is 40.6 Å². The summed E-state index contributed by atoms with van der Waals surface area (Å²) in [6.07, 6.45) is -8.73. The van der Waals surface area contributed by atoms with Crippen molar-refractivity contribution in [3.63, 3.8) is 0 Å². The number of carbonyl (C=O) groups is 1. The van der Waals surface area contributed by atoms with Gasteiger partial charge in [0, 0.05) is 12.1 Å². The molecule has 0 N–H and O–H groups in total. The van der Waals surface area contributed by atoms with Crippen molar-refractivity contribution in [1.29, 1.82) is 0 Å². The predicted molar refractivity (Wildman–Crippen MR) is 125 cm³/mol. The van der Waals surface area contributed by atoms with Gasteiger partial charge in [0.15, 0.2) is 0 Å². The maximum atomic E-state index is 13.4. The third kappa shape index (κ3) is 5.57. The summed E-state index contributed by atoms with van der Waals surface area (Å²) in [5, 5.41) is 0. The number of methoxy groups -OCH3 is 1. The monoisotopic (exact) mass is 527 g/mol. The summed E-state index contributed by atoms with van der Waals surface area (Å²) < 4.78 is 91.2. The molecule has 2 atom stereocenters. The Morgan fingerprint density at radius 2 is 1.59 bits per heavy atom. The molecule has 2 aliphatic rings. The third-order valence-corrected chi connectivity index (χ3v) is 6.95. The van der Waals surface area contributed by atoms with E-state index in [1.807, 2.05) is 25.1 Å². The fraction of sp³-hybridized carbons (Fsp3) is 0.444. The van der Waals surface area contributed by atoms with Crippen molar-refractivity contribution in [2.45, 2.75) is 64.0 Å². The number of hydrogen-bond acceptors (Lipinski definition) is 3. The van der Waals surface area contributed by atoms with Crippen LogP contribution in [0, 0.1) is 6.92 Å². The first-order valence-corrected chi connectivity index (χ1v) is 11.9. The zero-order valence-electron chi connectivity index (χ0n) is 20.6. The van der Waals surface area contributed by atoms with Crippen molar-refractivity contribution in [1.82, 2.24) is 4.90 Å². The zero-order valence-corrected chi connectivity index (χ0v) is 20.6. The van der Waals surface area contributed by atoms with E-state index in [0.29, 0.717) is 24.3 Å². The van der Waals surface area contributed by atoms with Crippen molar-refractivity contribution in [3.05, 3.63) is 69.8 Å². The van der Waals surface area contributed by atoms with Crippen molar-refractivity contribution >= 4 is 11.7 Å². The number of nitrogens with zero attached hydrogens (tertiary/aromatic N) is 1. The number of halogens is 6. The van der Waals surface area contributed by atoms with Gasteiger partial charge >= 0.3 is 18.4 Å². The molecular weight excluding hydrogens is 500 g/mol. The molecule has 1 fully saturated rings. The Morgan fingerprint density at radius 3 is 2.19 bits per heavy atom. The fourth-order valence-corrected chi connectivity index (χ4v) is 5.03. The number of ether oxygens (including phenoxy) is 2. The minimum Gasteiger partial charge on any atom is -0.496 e. The average Bonchev–Trinajstić information content (AvgIpc) is 3.11. The van der Waals surface area contributed by atoms with E-state index in [9.17, 15) is 31.1 Å². The molecular formula is C27H27F6NO3. The topological polar surface area (TPSA) is 38.8 Å². The van der Waals surface area contributed by atoms with Crippen LogP contribution in [0.2, 0.25) is 0 Å². The van der Waals surface area contributed by atoms with Gasteiger partial charge in [0.05, 0.1) is 24.3 Å². The number of rotatable bonds is 5. The Hall–Kier alpha value is -3.17. The lowest BCUT2D eigenvalue weighted by Gasteiger charge is -2.28. The fourth-order valence-electron chi connectivity index (χ4n) is 5.03. The second-order valence-corrected chi connectivity index (χ2v) is 9.51. The van der Waals surface area contributed by atoms with Crippen LogP contribution in [0.4, 0.5) is 31.1 Å². The first kappa shape index (κ1) is 26.9. The summed E-state index contributed by atoms with van der Waals surface area (Å²) >= 11 is 0. The summed E-state index contributed by atoms with van der Waals surface area (Å²) in [6.45, 7) is 3.69. The van der Waals surface area contributed by atoms with Crippen LogP contribution in [0.5, 0.6) is 5.75 Å². The summed E-state index contributed by atoms with van der Waals surface area (Å²) in [5.74, 6) is 0.693. The first-order valence-electron chi connectivity index (χ1n) is 11.9. The van der Waals surface area contributed by atoms with Crippen LogP contribution in [0.25, 0.3) is 5.57 Å². The van der Waals surface area contributed by atoms with Gasteiger partial charge in [-0.05, 0) is 86.6 Å². The molecule has 37 heavy (non-hydrogen) atoms. The molecule has 2 aromatic rings. The van der Waals surface area contributed by atoms with Gasteiger partial charge in [-0.15, -0.1) is 0 Å². The van der Waals surface area contributed by atoms with Gasteiger partial charge in [-0.25, -0.2) is 4.79 Å². The van der Waals surface area contributed by atoms with Gasteiger partial charge in [-0.3, -0.25) is 4.90 Å². The third-order valence-electron chi connectivity index (χ3n) is 6.95. The molecule has 2 unspecified atom stereocenters. The van der Waals surface area contributed by atoms with E-state index in [2.05, 4.69) is 0 Å². The Balaban J connectivity index is 1.69. The maximum Gasteiger partial charge on any atom is 0.416 e. The highest BCUT2D eigenvalue weighted by molar-refractivity contribution is 5.76. The molecule has 0 bridgehead atoms. The molecule has 0 aromatic heterocycles. The summed E-state index contributed by atoms with van der Waals surface area (Å²) in [4.78, 5) is 14.2. The molecule has 0 spiro atoms. The Bertz CT molecular complexity index is 1190. The van der Waals surface area contributed by atoms with Crippen LogP contribution in [0.15, 0.2) is 42.0 Å². The van der Waals surface area contributed by atoms with Gasteiger partial charge in [0.2, 0.25) is 0 Å². The number of cyclic esters (lactones) is 1. The predicted octanol–water partition coefficient (Wildman–Crippen LogP) is 7.95. The lowest BCUT2D eigenvalue weighted by molar-refractivity contribution is -0.143. The average molecular weight is 528 g/mol. The van der Waals surface area contributed by atoms with Gasteiger partial charge in [-0.1, -0.05) is 11.6 Å². The number of aryl methyl sites for hydroxylation is 1. The van der Waals surface area contributed by atoms with E-state index in [1.54, 1.807) is 14.0 Å². The van der Waals surface area contributed by atoms with Crippen molar-refractivity contribution in [2.24, 2.45) is 0 Å². The van der Waals surface area contributed by atoms with E-state index >= 15 is 0 Å². The standard InChI is InChI=1S/C27H27F6NO3/c1-15-8-9-23(36-3)22(10-15)21-7-5-4-6-17(21)14-34-16(2)24(37-25(34)35)18-11-19(26(28,29)30)13-20(12-18)27(31,32)33/h8-13,16,24H,4-7,14H2,1-3H3. The highest BCUT2D eigenvalue weighted by Gasteiger charge is 2.43. The highest BCUT2D eigenvalue weighted by Crippen LogP contribution is 2.42. The lowest BCUT2D eigenvalue weighted by Crippen LogP contribution is -2.34. The molecule has 2 aromatic carbocycles. The van der Waals surface area contributed by atoms with E-state index < -0.39 is 41.7 Å². The van der Waals surface area contributed by atoms with Crippen LogP contribution >= 0.6 is 0 Å². The number of carbonyl (C=O) groups excluding carboxylic acids is 1. The van der Waals surface area contributed by atoms with Crippen molar-refractivity contribution in [3.8, 4) is 5.75 Å². The zero-order chi connectivity index (χ0) is 27.1. The second-order valence-electron chi connectivity index (χ2n) is 9.51. The Kier molecular flexibility index (Phi) is 7.23. The first-order chi connectivity index (χ1) is 17.3. The molecule has 1 saturated heterocycles. The van der Waals surface area contributed by atoms with Crippen LogP contribution in [-0.2, 0) is 17.1 Å². The highest BCUT2D eigenvalue weighted by atomic mass is 19.4. The van der Waals surface area contributed by atoms with E-state index in [1.165, 1.54) is 4.90 Å². The van der Waals surface area contributed by atoms with E-state index in [4.69, 9.17) is 9.47 Å². The molecule has 10 heteroatoms. The molecule has 4 rings (SSSR count). The summed E-state index contributed by atoms with van der Waals surface area (Å²) in [7, 11) is 1.58. The van der Waals surface area contributed by atoms with Crippen LogP contribution in [-0.4, -0.2) is 30.7 Å². The number of amides is 1. The van der Waals surface area contributed by atoms with E-state index in [0.717, 1.165) is 41.5 Å². The minimum absolute atomic E-state index is 0.0665. The molecule has 4 nitrogen and oxygen atoms in total. The molecule has 200 valence electrons. The summed E-state index contributed by atoms with van der Waals surface area (Å²) in [5.41, 5.74) is 0.733. The van der Waals surface area contributed by atoms with Gasteiger partial charge < -0.3 is 9.47 Å². The number of allylic oxidation sites excluding steroid dienone is 1. The van der Waals surface area contributed by atoms with E-state index in [-0.39, 0.29) is 18.2 Å². The van der Waals surface area contributed by atoms with Crippen LogP contribution < -0.4 is 4.74 Å². The van der Waals surface area contributed by atoms with Crippen LogP contribution in [0.3, 0.4) is 0 Å². The number of benzene rings is 2. The Morgan fingerprint density at radius 1 is 0.973 bits per heavy atom. The van der Waals surface area contributed by atoms with Gasteiger partial charge in [0.25, 0.3) is 0 Å². The molecule has 1 aliphatic heterocycles. The van der Waals surface area contributed by atoms with Crippen molar-refractivity contribution in [2.75, 3.05) is 13.7 Å². The molecule has 1 aliphatic carbocycles. The largest absolute Gasteiger partial charge is 0.496 e. The number of hydrogen-bond donors (Lipinski definition) is 0. The Labute approximate surface area is 210 Å². The lowest BCUT2D eigenvalue weighted by atomic mass is 9.86. The molecule has 1 heterocycles. The normalized spacial score (nSPS) is 20.9. The quantitative estimate of drug-likeness (QED) is 0.371. The second kappa shape index (κ2) is 9.95. The van der Waals surface area contributed by atoms with Gasteiger partial charge in [-0.2, -0.15) is 26.3 Å². The molecule has 0 saturated carbocycles. The SMILES string of the molecule is COc1ccc(C)cc1C1=C(CN2C(=O)OC(c3cc(C(F)(F)F)cc(C(F)(F)F)c3)C2C)CCCC1. The summed E-state index contributed by atoms with van der Waals surface area (Å²) in [6, 6.07) is 6.34. The molecule has 1 amide bonds.